The lowest BCUT2D eigenvalue weighted by Crippen LogP contribution is -2.54. The molecule has 5 rings (SSSR count). The van der Waals surface area contributed by atoms with E-state index in [1.807, 2.05) is 25.7 Å². The Kier molecular flexibility index (Phi) is 8.73. The highest BCUT2D eigenvalue weighted by Crippen LogP contribution is 2.37. The van der Waals surface area contributed by atoms with Crippen LogP contribution in [0.1, 0.15) is 32.2 Å². The number of rotatable bonds is 7. The van der Waals surface area contributed by atoms with Crippen molar-refractivity contribution in [3.8, 4) is 16.9 Å². The van der Waals surface area contributed by atoms with Crippen LogP contribution in [0, 0.1) is 5.82 Å². The molecule has 4 heterocycles. The Morgan fingerprint density at radius 2 is 1.77 bits per heavy atom. The van der Waals surface area contributed by atoms with Crippen molar-refractivity contribution in [1.82, 2.24) is 29.4 Å². The van der Waals surface area contributed by atoms with E-state index in [9.17, 15) is 14.2 Å². The summed E-state index contributed by atoms with van der Waals surface area (Å²) in [5, 5.41) is 0.648. The maximum Gasteiger partial charge on any atom is 0.355 e. The van der Waals surface area contributed by atoms with Gasteiger partial charge in [-0.3, -0.25) is 4.79 Å². The minimum Gasteiger partial charge on any atom is -0.350 e. The summed E-state index contributed by atoms with van der Waals surface area (Å²) in [6.45, 7) is 13.7. The molecule has 0 bridgehead atoms. The number of hydrogen-bond acceptors (Lipinski definition) is 8. The molecule has 0 N–H and O–H groups in total. The fourth-order valence-electron chi connectivity index (χ4n) is 5.50. The first-order chi connectivity index (χ1) is 20.9. The van der Waals surface area contributed by atoms with E-state index in [0.717, 1.165) is 0 Å². The number of halogens is 2. The second-order valence-electron chi connectivity index (χ2n) is 11.1. The summed E-state index contributed by atoms with van der Waals surface area (Å²) in [7, 11) is -2.82. The van der Waals surface area contributed by atoms with Crippen molar-refractivity contribution in [3.63, 3.8) is 0 Å². The van der Waals surface area contributed by atoms with Crippen molar-refractivity contribution in [3.05, 3.63) is 75.7 Å². The molecule has 0 aliphatic carbocycles. The second kappa shape index (κ2) is 12.2. The van der Waals surface area contributed by atoms with Crippen LogP contribution in [-0.2, 0) is 22.2 Å². The smallest absolute Gasteiger partial charge is 0.350 e. The van der Waals surface area contributed by atoms with Gasteiger partial charge in [0.05, 0.1) is 33.2 Å². The van der Waals surface area contributed by atoms with Crippen LogP contribution in [0.3, 0.4) is 0 Å². The number of carbonyl (C=O) groups excluding carboxylic acids is 1. The number of aryl methyl sites for hydroxylation is 2. The largest absolute Gasteiger partial charge is 0.355 e. The summed E-state index contributed by atoms with van der Waals surface area (Å²) in [5.41, 5.74) is 1.60. The quantitative estimate of drug-likeness (QED) is 0.213. The van der Waals surface area contributed by atoms with E-state index in [-0.39, 0.29) is 39.4 Å². The van der Waals surface area contributed by atoms with Gasteiger partial charge in [-0.05, 0) is 57.4 Å². The highest BCUT2D eigenvalue weighted by atomic mass is 35.5. The van der Waals surface area contributed by atoms with Gasteiger partial charge < -0.3 is 14.4 Å². The first-order valence-electron chi connectivity index (χ1n) is 14.4. The third-order valence-corrected chi connectivity index (χ3v) is 9.16. The van der Waals surface area contributed by atoms with Crippen molar-refractivity contribution in [2.45, 2.75) is 39.7 Å². The Balaban J connectivity index is 1.84. The Hall–Kier alpha value is -3.95. The summed E-state index contributed by atoms with van der Waals surface area (Å²) >= 11 is 6.78. The van der Waals surface area contributed by atoms with Crippen molar-refractivity contribution < 1.29 is 13.8 Å². The first kappa shape index (κ1) is 31.5. The van der Waals surface area contributed by atoms with Gasteiger partial charge in [0, 0.05) is 31.2 Å². The van der Waals surface area contributed by atoms with Gasteiger partial charge in [0.2, 0.25) is 5.91 Å². The molecule has 3 aromatic heterocycles. The zero-order valence-corrected chi connectivity index (χ0v) is 27.0. The average molecular weight is 638 g/mol. The van der Waals surface area contributed by atoms with Crippen LogP contribution < -0.4 is 16.2 Å². The van der Waals surface area contributed by atoms with E-state index >= 15 is 4.39 Å². The molecule has 1 saturated heterocycles. The summed E-state index contributed by atoms with van der Waals surface area (Å²) in [6, 6.07) is 7.60. The second-order valence-corrected chi connectivity index (χ2v) is 14.6. The van der Waals surface area contributed by atoms with Crippen LogP contribution in [0.25, 0.3) is 28.0 Å². The Morgan fingerprint density at radius 1 is 1.11 bits per heavy atom. The molecule has 1 aromatic carbocycles. The number of aromatic nitrogens is 5. The Labute approximate surface area is 260 Å². The fraction of sp³-hybridized carbons (Fsp3) is 0.355. The third-order valence-electron chi connectivity index (χ3n) is 7.71. The van der Waals surface area contributed by atoms with E-state index in [2.05, 4.69) is 21.5 Å². The summed E-state index contributed by atoms with van der Waals surface area (Å²) in [6.07, 6.45) is 2.11. The molecule has 10 nitrogen and oxygen atoms in total. The molecule has 4 aromatic rings. The summed E-state index contributed by atoms with van der Waals surface area (Å²) in [4.78, 5) is 48.7. The SMILES string of the molecule is C=CC(=O)N1CCN(c2nc(=O)n(-c3c(CC)nc(P(C)(C)=O)nc3CC)c3nc(-c4ccccc4F)c(Cl)cc23)[C@@H](C)C1. The molecule has 0 saturated carbocycles. The van der Waals surface area contributed by atoms with E-state index in [1.165, 1.54) is 16.7 Å². The zero-order chi connectivity index (χ0) is 31.9. The van der Waals surface area contributed by atoms with Crippen LogP contribution in [-0.4, -0.2) is 74.3 Å². The zero-order valence-electron chi connectivity index (χ0n) is 25.3. The topological polar surface area (TPSA) is 114 Å². The number of fused-ring (bicyclic) bond motifs is 1. The van der Waals surface area contributed by atoms with Crippen molar-refractivity contribution >= 4 is 47.1 Å². The molecule has 0 spiro atoms. The molecule has 1 amide bonds. The van der Waals surface area contributed by atoms with E-state index in [4.69, 9.17) is 16.6 Å². The highest BCUT2D eigenvalue weighted by molar-refractivity contribution is 7.69. The fourth-order valence-corrected chi connectivity index (χ4v) is 6.48. The minimum absolute atomic E-state index is 0.164. The molecule has 0 unspecified atom stereocenters. The van der Waals surface area contributed by atoms with Gasteiger partial charge in [-0.2, -0.15) is 4.98 Å². The van der Waals surface area contributed by atoms with Crippen LogP contribution in [0.15, 0.2) is 47.8 Å². The number of nitrogens with zero attached hydrogens (tertiary/aromatic N) is 7. The predicted molar refractivity (Wildman–Crippen MR) is 173 cm³/mol. The Morgan fingerprint density at radius 3 is 2.34 bits per heavy atom. The maximum absolute atomic E-state index is 15.0. The number of piperazine rings is 1. The predicted octanol–water partition coefficient (Wildman–Crippen LogP) is 4.63. The van der Waals surface area contributed by atoms with Crippen molar-refractivity contribution in [2.24, 2.45) is 0 Å². The number of pyridine rings is 1. The van der Waals surface area contributed by atoms with Gasteiger partial charge in [0.25, 0.3) is 0 Å². The van der Waals surface area contributed by atoms with Gasteiger partial charge in [-0.25, -0.2) is 28.7 Å². The van der Waals surface area contributed by atoms with Gasteiger partial charge in [-0.1, -0.05) is 44.2 Å². The van der Waals surface area contributed by atoms with E-state index < -0.39 is 18.6 Å². The molecule has 0 radical (unpaired) electrons. The van der Waals surface area contributed by atoms with Gasteiger partial charge in [-0.15, -0.1) is 0 Å². The standard InChI is InChI=1S/C31H34ClFN7O3P/c1-7-23-27(24(8-2)35-30(34-23)44(5,6)43)40-29-20(16-21(32)26(36-29)19-12-10-11-13-22(19)33)28(37-31(40)42)39-15-14-38(17-18(39)4)25(41)9-3/h9-13,16,18H,3,7-8,14-15,17H2,1-2,4-6H3/t18-/m0/s1. The highest BCUT2D eigenvalue weighted by Gasteiger charge is 2.31. The maximum atomic E-state index is 15.0. The van der Waals surface area contributed by atoms with Crippen molar-refractivity contribution in [1.29, 1.82) is 0 Å². The summed E-state index contributed by atoms with van der Waals surface area (Å²) in [5.74, 6) is -0.330. The normalized spacial score (nSPS) is 15.6. The molecule has 230 valence electrons. The minimum atomic E-state index is -2.82. The molecular formula is C31H34ClFN7O3P. The number of hydrogen-bond donors (Lipinski definition) is 0. The monoisotopic (exact) mass is 637 g/mol. The Bertz CT molecular complexity index is 1880. The molecule has 1 aliphatic rings. The van der Waals surface area contributed by atoms with Crippen LogP contribution in [0.2, 0.25) is 5.02 Å². The number of benzene rings is 1. The third kappa shape index (κ3) is 5.66. The van der Waals surface area contributed by atoms with Crippen molar-refractivity contribution in [2.75, 3.05) is 37.9 Å². The lowest BCUT2D eigenvalue weighted by Gasteiger charge is -2.40. The van der Waals surface area contributed by atoms with Crippen LogP contribution in [0.5, 0.6) is 0 Å². The molecular weight excluding hydrogens is 604 g/mol. The number of anilines is 1. The molecule has 1 fully saturated rings. The van der Waals surface area contributed by atoms with Gasteiger partial charge in [0.1, 0.15) is 18.8 Å². The van der Waals surface area contributed by atoms with Crippen LogP contribution >= 0.6 is 18.7 Å². The lowest BCUT2D eigenvalue weighted by atomic mass is 10.1. The molecule has 13 heteroatoms. The molecule has 44 heavy (non-hydrogen) atoms. The van der Waals surface area contributed by atoms with E-state index in [0.29, 0.717) is 60.8 Å². The van der Waals surface area contributed by atoms with Gasteiger partial charge >= 0.3 is 5.69 Å². The first-order valence-corrected chi connectivity index (χ1v) is 17.4. The number of amides is 1. The van der Waals surface area contributed by atoms with Crippen LogP contribution in [0.4, 0.5) is 10.2 Å². The van der Waals surface area contributed by atoms with Gasteiger partial charge in [0.15, 0.2) is 11.2 Å². The summed E-state index contributed by atoms with van der Waals surface area (Å²) < 4.78 is 29.4. The molecule has 1 aliphatic heterocycles. The van der Waals surface area contributed by atoms with E-state index in [1.54, 1.807) is 42.5 Å². The average Bonchev–Trinajstić information content (AvgIpc) is 2.99. The number of carbonyl (C=O) groups is 1. The molecule has 1 atom stereocenters. The lowest BCUT2D eigenvalue weighted by molar-refractivity contribution is -0.126.